The summed E-state index contributed by atoms with van der Waals surface area (Å²) in [5, 5.41) is 8.80. The number of rotatable bonds is 2. The first kappa shape index (κ1) is 38.6. The molecule has 7 aromatic carbocycles. The maximum Gasteiger partial charge on any atom is 0.119 e. The highest BCUT2D eigenvalue weighted by Crippen LogP contribution is 2.33. The van der Waals surface area contributed by atoms with Crippen molar-refractivity contribution >= 4 is 43.1 Å². The zero-order chi connectivity index (χ0) is 37.3. The van der Waals surface area contributed by atoms with Crippen LogP contribution in [0.5, 0.6) is 11.5 Å². The number of benzene rings is 7. The molecule has 2 nitrogen and oxygen atoms in total. The summed E-state index contributed by atoms with van der Waals surface area (Å²) >= 11 is 0. The summed E-state index contributed by atoms with van der Waals surface area (Å²) in [7, 11) is 3.38. The number of allylic oxidation sites excluding steroid dienone is 4. The molecule has 0 aliphatic heterocycles. The smallest absolute Gasteiger partial charge is 0.119 e. The highest BCUT2D eigenvalue weighted by molar-refractivity contribution is 6.10. The summed E-state index contributed by atoms with van der Waals surface area (Å²) in [5.74, 6) is 15.8. The van der Waals surface area contributed by atoms with Gasteiger partial charge >= 0.3 is 0 Å². The van der Waals surface area contributed by atoms with Gasteiger partial charge in [0, 0.05) is 22.3 Å². The summed E-state index contributed by atoms with van der Waals surface area (Å²) in [4.78, 5) is 0. The Labute approximate surface area is 310 Å². The van der Waals surface area contributed by atoms with Crippen LogP contribution in [0.15, 0.2) is 146 Å². The molecular weight excluding hydrogens is 633 g/mol. The van der Waals surface area contributed by atoms with Gasteiger partial charge in [-0.2, -0.15) is 0 Å². The van der Waals surface area contributed by atoms with Gasteiger partial charge in [0.25, 0.3) is 0 Å². The van der Waals surface area contributed by atoms with Crippen LogP contribution >= 0.6 is 0 Å². The third-order valence-corrected chi connectivity index (χ3v) is 8.42. The minimum absolute atomic E-state index is 0.838. The second kappa shape index (κ2) is 19.8. The molecule has 2 heteroatoms. The van der Waals surface area contributed by atoms with Gasteiger partial charge in [-0.1, -0.05) is 135 Å². The highest BCUT2D eigenvalue weighted by Gasteiger charge is 2.12. The van der Waals surface area contributed by atoms with Crippen molar-refractivity contribution in [2.75, 3.05) is 14.2 Å². The second-order valence-electron chi connectivity index (χ2n) is 11.5. The SMILES string of the molecule is CC.CC=CC.CC=CC.COc1ccc2c(C#Cc3c4ccccc4c(C#Cc4cccc5cc(OC)ccc45)c4ccccc34)cccc2c1. The van der Waals surface area contributed by atoms with Crippen LogP contribution < -0.4 is 9.47 Å². The lowest BCUT2D eigenvalue weighted by Gasteiger charge is -2.11. The summed E-state index contributed by atoms with van der Waals surface area (Å²) in [6, 6.07) is 41.5. The van der Waals surface area contributed by atoms with Gasteiger partial charge in [-0.05, 0) is 119 Å². The van der Waals surface area contributed by atoms with Gasteiger partial charge in [0.15, 0.2) is 0 Å². The van der Waals surface area contributed by atoms with Crippen LogP contribution in [0.4, 0.5) is 0 Å². The number of ether oxygens (including phenoxy) is 2. The van der Waals surface area contributed by atoms with Gasteiger partial charge in [-0.25, -0.2) is 0 Å². The first-order valence-electron chi connectivity index (χ1n) is 17.8. The number of methoxy groups -OCH3 is 2. The first-order valence-corrected chi connectivity index (χ1v) is 17.8. The predicted octanol–water partition coefficient (Wildman–Crippen LogP) is 13.3. The Bertz CT molecular complexity index is 2220. The average molecular weight is 681 g/mol. The van der Waals surface area contributed by atoms with Crippen LogP contribution in [0, 0.1) is 23.7 Å². The van der Waals surface area contributed by atoms with Gasteiger partial charge in [0.05, 0.1) is 14.2 Å². The Morgan fingerprint density at radius 1 is 0.385 bits per heavy atom. The van der Waals surface area contributed by atoms with E-state index in [2.05, 4.69) is 109 Å². The van der Waals surface area contributed by atoms with Crippen LogP contribution in [0.3, 0.4) is 0 Å². The lowest BCUT2D eigenvalue weighted by atomic mass is 9.91. The Balaban J connectivity index is 0.000000544. The van der Waals surface area contributed by atoms with E-state index in [9.17, 15) is 0 Å². The maximum atomic E-state index is 5.43. The normalized spacial score (nSPS) is 10.2. The van der Waals surface area contributed by atoms with Crippen LogP contribution in [0.2, 0.25) is 0 Å². The molecule has 0 spiro atoms. The van der Waals surface area contributed by atoms with Crippen molar-refractivity contribution in [2.45, 2.75) is 41.5 Å². The number of hydrogen-bond acceptors (Lipinski definition) is 2. The molecule has 0 radical (unpaired) electrons. The molecule has 0 N–H and O–H groups in total. The molecule has 0 aromatic heterocycles. The molecule has 0 saturated carbocycles. The van der Waals surface area contributed by atoms with Crippen molar-refractivity contribution in [2.24, 2.45) is 0 Å². The number of fused-ring (bicyclic) bond motifs is 4. The molecular formula is C50H48O2. The topological polar surface area (TPSA) is 18.5 Å². The van der Waals surface area contributed by atoms with Crippen molar-refractivity contribution in [3.05, 3.63) is 168 Å². The zero-order valence-electron chi connectivity index (χ0n) is 31.7. The third-order valence-electron chi connectivity index (χ3n) is 8.42. The fourth-order valence-electron chi connectivity index (χ4n) is 5.65. The van der Waals surface area contributed by atoms with Crippen molar-refractivity contribution in [3.8, 4) is 35.2 Å². The molecule has 52 heavy (non-hydrogen) atoms. The third kappa shape index (κ3) is 9.11. The zero-order valence-corrected chi connectivity index (χ0v) is 31.7. The largest absolute Gasteiger partial charge is 0.497 e. The average Bonchev–Trinajstić information content (AvgIpc) is 3.22. The molecule has 0 aliphatic rings. The molecule has 0 aliphatic carbocycles. The van der Waals surface area contributed by atoms with E-state index in [1.165, 1.54) is 0 Å². The molecule has 0 amide bonds. The van der Waals surface area contributed by atoms with E-state index >= 15 is 0 Å². The first-order chi connectivity index (χ1) is 25.6. The fraction of sp³-hybridized carbons (Fsp3) is 0.160. The molecule has 0 saturated heterocycles. The summed E-state index contributed by atoms with van der Waals surface area (Å²) in [6.45, 7) is 12.0. The Morgan fingerprint density at radius 2 is 0.731 bits per heavy atom. The minimum Gasteiger partial charge on any atom is -0.497 e. The quantitative estimate of drug-likeness (QED) is 0.103. The molecule has 0 bridgehead atoms. The van der Waals surface area contributed by atoms with Gasteiger partial charge in [0.2, 0.25) is 0 Å². The van der Waals surface area contributed by atoms with E-state index in [-0.39, 0.29) is 0 Å². The van der Waals surface area contributed by atoms with Gasteiger partial charge in [-0.3, -0.25) is 0 Å². The Hall–Kier alpha value is -6.22. The standard InChI is InChI=1S/C40H26O2.2C4H8.C2H6/c1-41-31-19-23-33-27(9-7-11-29(33)25-31)17-21-39-35-13-3-5-15-37(35)40(38-16-6-4-14-36(38)39)22-18-28-10-8-12-30-26-32(42-2)20-24-34(28)30;2*1-3-4-2;1-2/h3-16,19-20,23-26H,1-2H3;2*3-4H,1-2H3;1-2H3. The lowest BCUT2D eigenvalue weighted by molar-refractivity contribution is 0.415. The van der Waals surface area contributed by atoms with E-state index in [0.29, 0.717) is 0 Å². The van der Waals surface area contributed by atoms with Gasteiger partial charge < -0.3 is 9.47 Å². The molecule has 0 heterocycles. The van der Waals surface area contributed by atoms with E-state index < -0.39 is 0 Å². The molecule has 7 aromatic rings. The predicted molar refractivity (Wildman–Crippen MR) is 227 cm³/mol. The van der Waals surface area contributed by atoms with Crippen LogP contribution in [-0.2, 0) is 0 Å². The van der Waals surface area contributed by atoms with E-state index in [1.807, 2.05) is 102 Å². The van der Waals surface area contributed by atoms with E-state index in [1.54, 1.807) is 14.2 Å². The summed E-state index contributed by atoms with van der Waals surface area (Å²) < 4.78 is 10.9. The summed E-state index contributed by atoms with van der Waals surface area (Å²) in [6.07, 6.45) is 8.00. The van der Waals surface area contributed by atoms with Crippen molar-refractivity contribution in [3.63, 3.8) is 0 Å². The van der Waals surface area contributed by atoms with E-state index in [4.69, 9.17) is 9.47 Å². The van der Waals surface area contributed by atoms with Crippen LogP contribution in [0.1, 0.15) is 63.8 Å². The van der Waals surface area contributed by atoms with Crippen LogP contribution in [-0.4, -0.2) is 14.2 Å². The molecule has 0 atom stereocenters. The Morgan fingerprint density at radius 3 is 1.04 bits per heavy atom. The van der Waals surface area contributed by atoms with E-state index in [0.717, 1.165) is 76.8 Å². The maximum absolute atomic E-state index is 5.43. The minimum atomic E-state index is 0.838. The molecule has 0 unspecified atom stereocenters. The lowest BCUT2D eigenvalue weighted by Crippen LogP contribution is -1.91. The second-order valence-corrected chi connectivity index (χ2v) is 11.5. The Kier molecular flexibility index (Phi) is 14.7. The van der Waals surface area contributed by atoms with Crippen LogP contribution in [0.25, 0.3) is 43.1 Å². The molecule has 7 rings (SSSR count). The fourth-order valence-corrected chi connectivity index (χ4v) is 5.65. The highest BCUT2D eigenvalue weighted by atomic mass is 16.5. The molecule has 260 valence electrons. The monoisotopic (exact) mass is 680 g/mol. The number of hydrogen-bond donors (Lipinski definition) is 0. The summed E-state index contributed by atoms with van der Waals surface area (Å²) in [5.41, 5.74) is 3.99. The van der Waals surface area contributed by atoms with Crippen molar-refractivity contribution in [1.82, 2.24) is 0 Å². The molecule has 0 fully saturated rings. The van der Waals surface area contributed by atoms with Crippen molar-refractivity contribution in [1.29, 1.82) is 0 Å². The van der Waals surface area contributed by atoms with Gasteiger partial charge in [0.1, 0.15) is 11.5 Å². The van der Waals surface area contributed by atoms with Gasteiger partial charge in [-0.15, -0.1) is 0 Å². The van der Waals surface area contributed by atoms with Crippen molar-refractivity contribution < 1.29 is 9.47 Å².